The maximum absolute atomic E-state index is 6.47. The van der Waals surface area contributed by atoms with Crippen molar-refractivity contribution in [1.82, 2.24) is 9.97 Å². The molecule has 178 valence electrons. The Hall–Kier alpha value is -4.18. The second kappa shape index (κ2) is 9.82. The fraction of sp³-hybridized carbons (Fsp3) is 0.188. The van der Waals surface area contributed by atoms with Gasteiger partial charge in [-0.2, -0.15) is 0 Å². The van der Waals surface area contributed by atoms with Crippen molar-refractivity contribution >= 4 is 22.2 Å². The first kappa shape index (κ1) is 22.3. The van der Waals surface area contributed by atoms with Crippen molar-refractivity contribution in [3.05, 3.63) is 132 Å². The van der Waals surface area contributed by atoms with E-state index in [0.717, 1.165) is 40.4 Å². The van der Waals surface area contributed by atoms with E-state index in [2.05, 4.69) is 67.6 Å². The summed E-state index contributed by atoms with van der Waals surface area (Å²) in [4.78, 5) is 9.86. The van der Waals surface area contributed by atoms with E-state index in [1.165, 1.54) is 11.1 Å². The van der Waals surface area contributed by atoms with Gasteiger partial charge in [0.15, 0.2) is 22.9 Å². The quantitative estimate of drug-likeness (QED) is 0.224. The minimum absolute atomic E-state index is 0.0118. The molecule has 4 heteroatoms. The van der Waals surface area contributed by atoms with Gasteiger partial charge < -0.3 is 8.83 Å². The maximum Gasteiger partial charge on any atom is 0.199 e. The molecule has 2 heterocycles. The van der Waals surface area contributed by atoms with Gasteiger partial charge in [0.05, 0.1) is 0 Å². The smallest absolute Gasteiger partial charge is 0.199 e. The van der Waals surface area contributed by atoms with Crippen LogP contribution >= 0.6 is 0 Å². The molecule has 4 aromatic carbocycles. The van der Waals surface area contributed by atoms with Crippen LogP contribution in [0.2, 0.25) is 0 Å². The van der Waals surface area contributed by atoms with Gasteiger partial charge >= 0.3 is 0 Å². The van der Waals surface area contributed by atoms with Crippen LogP contribution in [-0.4, -0.2) is 9.97 Å². The van der Waals surface area contributed by atoms with Crippen LogP contribution in [0.1, 0.15) is 54.0 Å². The number of benzene rings is 4. The summed E-state index contributed by atoms with van der Waals surface area (Å²) in [6, 6.07) is 37.3. The highest BCUT2D eigenvalue weighted by Crippen LogP contribution is 2.47. The van der Waals surface area contributed by atoms with Crippen LogP contribution in [0.3, 0.4) is 0 Å². The van der Waals surface area contributed by atoms with E-state index in [-0.39, 0.29) is 17.8 Å². The minimum atomic E-state index is -0.0118. The van der Waals surface area contributed by atoms with Crippen LogP contribution in [0, 0.1) is 0 Å². The van der Waals surface area contributed by atoms with Crippen molar-refractivity contribution in [2.24, 2.45) is 0 Å². The monoisotopic (exact) mass is 472 g/mol. The molecular weight excluding hydrogens is 444 g/mol. The molecule has 36 heavy (non-hydrogen) atoms. The molecule has 0 spiro atoms. The second-order valence-corrected chi connectivity index (χ2v) is 9.27. The predicted octanol–water partition coefficient (Wildman–Crippen LogP) is 8.27. The molecule has 0 aliphatic heterocycles. The number of para-hydroxylation sites is 4. The molecule has 2 aromatic heterocycles. The molecule has 3 unspecified atom stereocenters. The van der Waals surface area contributed by atoms with Crippen LogP contribution in [0.4, 0.5) is 0 Å². The van der Waals surface area contributed by atoms with Gasteiger partial charge in [0.25, 0.3) is 0 Å². The lowest BCUT2D eigenvalue weighted by Crippen LogP contribution is -2.21. The zero-order valence-electron chi connectivity index (χ0n) is 20.2. The average Bonchev–Trinajstić information content (AvgIpc) is 3.55. The molecule has 0 saturated heterocycles. The van der Waals surface area contributed by atoms with Crippen LogP contribution in [0.15, 0.2) is 118 Å². The Balaban J connectivity index is 1.52. The van der Waals surface area contributed by atoms with E-state index in [9.17, 15) is 0 Å². The Bertz CT molecular complexity index is 1500. The lowest BCUT2D eigenvalue weighted by atomic mass is 9.72. The molecule has 0 aliphatic carbocycles. The highest BCUT2D eigenvalue weighted by molar-refractivity contribution is 5.73. The summed E-state index contributed by atoms with van der Waals surface area (Å²) in [6.07, 6.45) is 1.59. The summed E-state index contributed by atoms with van der Waals surface area (Å²) in [5.41, 5.74) is 5.90. The van der Waals surface area contributed by atoms with Gasteiger partial charge in [0.1, 0.15) is 11.0 Å². The standard InChI is InChI=1S/C32H28N2O2/c1-2-24(22-13-5-3-6-14-22)31(32-34-27-18-10-12-20-29(27)36-32)25(23-15-7-4-8-16-23)21-30-33-26-17-9-11-19-28(26)35-30/h3-20,24-25,31H,2,21H2,1H3. The molecule has 6 rings (SSSR count). The SMILES string of the molecule is CCC(c1ccccc1)C(c1nc2ccccc2o1)C(Cc1nc2ccccc2o1)c1ccccc1. The number of rotatable bonds is 8. The van der Waals surface area contributed by atoms with Crippen molar-refractivity contribution in [3.8, 4) is 0 Å². The van der Waals surface area contributed by atoms with Crippen molar-refractivity contribution in [2.45, 2.75) is 37.5 Å². The molecule has 3 atom stereocenters. The van der Waals surface area contributed by atoms with Crippen LogP contribution < -0.4 is 0 Å². The Morgan fingerprint density at radius 2 is 1.11 bits per heavy atom. The van der Waals surface area contributed by atoms with E-state index < -0.39 is 0 Å². The summed E-state index contributed by atoms with van der Waals surface area (Å²) in [5, 5.41) is 0. The number of aromatic nitrogens is 2. The van der Waals surface area contributed by atoms with E-state index in [1.54, 1.807) is 0 Å². The third-order valence-corrected chi connectivity index (χ3v) is 7.09. The number of nitrogens with zero attached hydrogens (tertiary/aromatic N) is 2. The summed E-state index contributed by atoms with van der Waals surface area (Å²) in [5.74, 6) is 1.74. The predicted molar refractivity (Wildman–Crippen MR) is 143 cm³/mol. The van der Waals surface area contributed by atoms with Crippen molar-refractivity contribution in [3.63, 3.8) is 0 Å². The number of fused-ring (bicyclic) bond motifs is 2. The summed E-state index contributed by atoms with van der Waals surface area (Å²) in [6.45, 7) is 2.24. The van der Waals surface area contributed by atoms with Crippen molar-refractivity contribution < 1.29 is 8.83 Å². The van der Waals surface area contributed by atoms with Crippen molar-refractivity contribution in [1.29, 1.82) is 0 Å². The first-order valence-corrected chi connectivity index (χ1v) is 12.6. The van der Waals surface area contributed by atoms with Gasteiger partial charge in [-0.1, -0.05) is 91.9 Å². The topological polar surface area (TPSA) is 52.1 Å². The summed E-state index contributed by atoms with van der Waals surface area (Å²) < 4.78 is 12.7. The molecule has 6 aromatic rings. The Morgan fingerprint density at radius 3 is 1.69 bits per heavy atom. The third-order valence-electron chi connectivity index (χ3n) is 7.09. The lowest BCUT2D eigenvalue weighted by Gasteiger charge is -2.31. The Kier molecular flexibility index (Phi) is 6.08. The van der Waals surface area contributed by atoms with E-state index in [4.69, 9.17) is 18.8 Å². The third kappa shape index (κ3) is 4.31. The van der Waals surface area contributed by atoms with Gasteiger partial charge in [-0.25, -0.2) is 9.97 Å². The fourth-order valence-corrected chi connectivity index (χ4v) is 5.40. The zero-order valence-corrected chi connectivity index (χ0v) is 20.2. The lowest BCUT2D eigenvalue weighted by molar-refractivity contribution is 0.346. The van der Waals surface area contributed by atoms with E-state index in [1.807, 2.05) is 48.5 Å². The zero-order chi connectivity index (χ0) is 24.3. The summed E-state index contributed by atoms with van der Waals surface area (Å²) in [7, 11) is 0. The molecule has 0 aliphatic rings. The van der Waals surface area contributed by atoms with Gasteiger partial charge in [-0.3, -0.25) is 0 Å². The largest absolute Gasteiger partial charge is 0.441 e. The highest BCUT2D eigenvalue weighted by atomic mass is 16.4. The first-order valence-electron chi connectivity index (χ1n) is 12.6. The Morgan fingerprint density at radius 1 is 0.583 bits per heavy atom. The van der Waals surface area contributed by atoms with Crippen LogP contribution in [0.5, 0.6) is 0 Å². The minimum Gasteiger partial charge on any atom is -0.441 e. The van der Waals surface area contributed by atoms with E-state index in [0.29, 0.717) is 6.42 Å². The molecule has 0 bridgehead atoms. The fourth-order valence-electron chi connectivity index (χ4n) is 5.40. The highest BCUT2D eigenvalue weighted by Gasteiger charge is 2.37. The average molecular weight is 473 g/mol. The molecule has 0 amide bonds. The molecule has 0 saturated carbocycles. The molecule has 4 nitrogen and oxygen atoms in total. The van der Waals surface area contributed by atoms with Crippen molar-refractivity contribution in [2.75, 3.05) is 0 Å². The maximum atomic E-state index is 6.47. The van der Waals surface area contributed by atoms with Gasteiger partial charge in [-0.15, -0.1) is 0 Å². The van der Waals surface area contributed by atoms with Gasteiger partial charge in [0.2, 0.25) is 0 Å². The van der Waals surface area contributed by atoms with Crippen LogP contribution in [-0.2, 0) is 6.42 Å². The second-order valence-electron chi connectivity index (χ2n) is 9.27. The molecule has 0 radical (unpaired) electrons. The number of hydrogen-bond acceptors (Lipinski definition) is 4. The van der Waals surface area contributed by atoms with Gasteiger partial charge in [0, 0.05) is 18.3 Å². The van der Waals surface area contributed by atoms with E-state index >= 15 is 0 Å². The Labute approximate surface area is 210 Å². The number of oxazole rings is 2. The first-order chi connectivity index (χ1) is 17.8. The summed E-state index contributed by atoms with van der Waals surface area (Å²) >= 11 is 0. The normalized spacial score (nSPS) is 14.1. The van der Waals surface area contributed by atoms with Gasteiger partial charge in [-0.05, 0) is 47.7 Å². The molecule has 0 N–H and O–H groups in total. The van der Waals surface area contributed by atoms with Crippen LogP contribution in [0.25, 0.3) is 22.2 Å². The molecular formula is C32H28N2O2. The molecule has 0 fully saturated rings. The number of hydrogen-bond donors (Lipinski definition) is 0.